The van der Waals surface area contributed by atoms with Gasteiger partial charge in [-0.25, -0.2) is 0 Å². The fourth-order valence-corrected chi connectivity index (χ4v) is 3.32. The van der Waals surface area contributed by atoms with Crippen LogP contribution in [-0.2, 0) is 11.2 Å². The molecular weight excluding hydrogens is 360 g/mol. The van der Waals surface area contributed by atoms with Crippen LogP contribution in [0.15, 0.2) is 24.3 Å². The van der Waals surface area contributed by atoms with E-state index in [-0.39, 0.29) is 12.3 Å². The molecule has 0 radical (unpaired) electrons. The molecule has 1 saturated heterocycles. The lowest BCUT2D eigenvalue weighted by molar-refractivity contribution is -0.137. The first-order valence-corrected chi connectivity index (χ1v) is 9.09. The van der Waals surface area contributed by atoms with Crippen molar-refractivity contribution >= 4 is 17.5 Å². The molecule has 0 aliphatic carbocycles. The van der Waals surface area contributed by atoms with Gasteiger partial charge in [-0.3, -0.25) is 14.7 Å². The van der Waals surface area contributed by atoms with Crippen LogP contribution in [-0.4, -0.2) is 57.8 Å². The number of amides is 2. The molecule has 0 saturated carbocycles. The summed E-state index contributed by atoms with van der Waals surface area (Å²) in [5.41, 5.74) is 0.663. The monoisotopic (exact) mass is 380 g/mol. The van der Waals surface area contributed by atoms with Crippen LogP contribution in [0.2, 0.25) is 0 Å². The third-order valence-corrected chi connectivity index (χ3v) is 4.91. The maximum Gasteiger partial charge on any atom is 0.274 e. The van der Waals surface area contributed by atoms with Crippen LogP contribution >= 0.6 is 0 Å². The van der Waals surface area contributed by atoms with Gasteiger partial charge < -0.3 is 20.1 Å². The smallest absolute Gasteiger partial charge is 0.274 e. The van der Waals surface area contributed by atoms with Gasteiger partial charge in [-0.15, -0.1) is 5.10 Å². The highest BCUT2D eigenvalue weighted by Crippen LogP contribution is 2.26. The molecule has 2 aromatic rings. The summed E-state index contributed by atoms with van der Waals surface area (Å²) >= 11 is 0. The molecule has 2 amide bonds. The number of rotatable bonds is 2. The van der Waals surface area contributed by atoms with E-state index >= 15 is 0 Å². The number of aromatic amines is 1. The minimum Gasteiger partial charge on any atom is -0.476 e. The van der Waals surface area contributed by atoms with Crippen molar-refractivity contribution in [3.63, 3.8) is 0 Å². The Hall–Kier alpha value is -3.31. The average Bonchev–Trinajstić information content (AvgIpc) is 3.24. The molecule has 0 spiro atoms. The number of carbonyl (C=O) groups excluding carboxylic acids is 2. The largest absolute Gasteiger partial charge is 0.476 e. The van der Waals surface area contributed by atoms with Crippen molar-refractivity contribution < 1.29 is 19.4 Å². The number of nitrogens with one attached hydrogen (secondary N) is 2. The highest BCUT2D eigenvalue weighted by molar-refractivity contribution is 6.04. The van der Waals surface area contributed by atoms with Gasteiger partial charge in [0.15, 0.2) is 0 Å². The van der Waals surface area contributed by atoms with Crippen LogP contribution in [0.25, 0.3) is 0 Å². The summed E-state index contributed by atoms with van der Waals surface area (Å²) in [6.07, 6.45) is 1.86. The van der Waals surface area contributed by atoms with E-state index in [2.05, 4.69) is 27.4 Å². The number of likely N-dealkylation sites (N-methyl/N-ethyl adjacent to an activating group) is 1. The number of H-pyrrole nitrogens is 1. The number of anilines is 1. The molecule has 1 atom stereocenters. The van der Waals surface area contributed by atoms with Crippen LogP contribution in [0, 0.1) is 11.8 Å². The third kappa shape index (κ3) is 3.32. The Morgan fingerprint density at radius 2 is 2.32 bits per heavy atom. The number of benzene rings is 1. The molecule has 3 heterocycles. The summed E-state index contributed by atoms with van der Waals surface area (Å²) in [7, 11) is 1.64. The molecule has 1 aromatic carbocycles. The van der Waals surface area contributed by atoms with Crippen molar-refractivity contribution in [1.29, 1.82) is 0 Å². The quantitative estimate of drug-likeness (QED) is 0.672. The topological polar surface area (TPSA) is 108 Å². The van der Waals surface area contributed by atoms with Gasteiger partial charge in [0.05, 0.1) is 6.61 Å². The summed E-state index contributed by atoms with van der Waals surface area (Å²) < 4.78 is 5.43. The van der Waals surface area contributed by atoms with E-state index in [0.717, 1.165) is 18.4 Å². The number of hydrogen-bond acceptors (Lipinski definition) is 5. The Bertz CT molecular complexity index is 1000. The number of likely N-dealkylation sites (tertiary alicyclic amines) is 1. The van der Waals surface area contributed by atoms with Crippen molar-refractivity contribution in [3.8, 4) is 17.7 Å². The molecule has 2 aliphatic rings. The van der Waals surface area contributed by atoms with Crippen molar-refractivity contribution in [1.82, 2.24) is 15.1 Å². The number of hydrogen-bond donors (Lipinski definition) is 3. The van der Waals surface area contributed by atoms with Crippen molar-refractivity contribution in [2.24, 2.45) is 0 Å². The predicted octanol–water partition coefficient (Wildman–Crippen LogP) is 0.932. The minimum absolute atomic E-state index is 0.277. The molecule has 1 aromatic heterocycles. The summed E-state index contributed by atoms with van der Waals surface area (Å²) in [6, 6.07) is 6.93. The van der Waals surface area contributed by atoms with Crippen LogP contribution in [0.5, 0.6) is 5.88 Å². The standard InChI is InChI=1S/C20H20N4O4/c1-24-10-9-20(27,19(24)26)8-7-13-4-2-5-14(12-13)21-17(25)16-15-6-3-11-28-18(15)23-22-16/h2,4-5,12,27H,3,6,9-11H2,1H3,(H,21,25)(H,22,23)/t20-/m0/s1. The first-order chi connectivity index (χ1) is 13.5. The van der Waals surface area contributed by atoms with E-state index in [1.807, 2.05) is 0 Å². The van der Waals surface area contributed by atoms with E-state index in [4.69, 9.17) is 4.74 Å². The Morgan fingerprint density at radius 1 is 1.46 bits per heavy atom. The van der Waals surface area contributed by atoms with Gasteiger partial charge in [0, 0.05) is 36.8 Å². The Balaban J connectivity index is 1.51. The SMILES string of the molecule is CN1CC[C@@](O)(C#Cc2cccc(NC(=O)c3[nH]nc4c3CCCO4)c2)C1=O. The zero-order chi connectivity index (χ0) is 19.7. The normalized spacial score (nSPS) is 20.8. The zero-order valence-electron chi connectivity index (χ0n) is 15.4. The van der Waals surface area contributed by atoms with Crippen LogP contribution < -0.4 is 10.1 Å². The average molecular weight is 380 g/mol. The second-order valence-corrected chi connectivity index (χ2v) is 6.96. The summed E-state index contributed by atoms with van der Waals surface area (Å²) in [5.74, 6) is 5.29. The predicted molar refractivity (Wildman–Crippen MR) is 101 cm³/mol. The van der Waals surface area contributed by atoms with E-state index in [1.54, 1.807) is 31.3 Å². The van der Waals surface area contributed by atoms with Crippen LogP contribution in [0.1, 0.15) is 34.5 Å². The van der Waals surface area contributed by atoms with E-state index < -0.39 is 11.5 Å². The number of carbonyl (C=O) groups is 2. The van der Waals surface area contributed by atoms with Gasteiger partial charge >= 0.3 is 0 Å². The van der Waals surface area contributed by atoms with E-state index in [0.29, 0.717) is 36.0 Å². The van der Waals surface area contributed by atoms with Gasteiger partial charge in [-0.2, -0.15) is 0 Å². The molecule has 0 unspecified atom stereocenters. The summed E-state index contributed by atoms with van der Waals surface area (Å²) in [6.45, 7) is 1.07. The second-order valence-electron chi connectivity index (χ2n) is 6.96. The number of aromatic nitrogens is 2. The van der Waals surface area contributed by atoms with E-state index in [1.165, 1.54) is 4.90 Å². The molecular formula is C20H20N4O4. The zero-order valence-corrected chi connectivity index (χ0v) is 15.4. The van der Waals surface area contributed by atoms with Gasteiger partial charge in [-0.05, 0) is 31.0 Å². The third-order valence-electron chi connectivity index (χ3n) is 4.91. The first-order valence-electron chi connectivity index (χ1n) is 9.09. The fraction of sp³-hybridized carbons (Fsp3) is 0.350. The number of fused-ring (bicyclic) bond motifs is 1. The molecule has 2 aliphatic heterocycles. The van der Waals surface area contributed by atoms with Gasteiger partial charge in [0.25, 0.3) is 11.8 Å². The lowest BCUT2D eigenvalue weighted by Gasteiger charge is -2.13. The van der Waals surface area contributed by atoms with Gasteiger partial charge in [0.2, 0.25) is 11.5 Å². The lowest BCUT2D eigenvalue weighted by Crippen LogP contribution is -2.37. The Labute approximate surface area is 161 Å². The Kier molecular flexibility index (Phi) is 4.53. The molecule has 1 fully saturated rings. The molecule has 144 valence electrons. The van der Waals surface area contributed by atoms with Crippen molar-refractivity contribution in [3.05, 3.63) is 41.1 Å². The highest BCUT2D eigenvalue weighted by Gasteiger charge is 2.42. The van der Waals surface area contributed by atoms with Crippen LogP contribution in [0.3, 0.4) is 0 Å². The summed E-state index contributed by atoms with van der Waals surface area (Å²) in [5, 5.41) is 20.0. The fourth-order valence-electron chi connectivity index (χ4n) is 3.32. The molecule has 3 N–H and O–H groups in total. The Morgan fingerprint density at radius 3 is 3.11 bits per heavy atom. The van der Waals surface area contributed by atoms with Crippen LogP contribution in [0.4, 0.5) is 5.69 Å². The molecule has 8 heteroatoms. The molecule has 0 bridgehead atoms. The molecule has 28 heavy (non-hydrogen) atoms. The maximum atomic E-state index is 12.6. The summed E-state index contributed by atoms with van der Waals surface area (Å²) in [4.78, 5) is 26.1. The highest BCUT2D eigenvalue weighted by atomic mass is 16.5. The molecule has 4 rings (SSSR count). The van der Waals surface area contributed by atoms with E-state index in [9.17, 15) is 14.7 Å². The second kappa shape index (κ2) is 7.02. The first kappa shape index (κ1) is 18.1. The maximum absolute atomic E-state index is 12.6. The van der Waals surface area contributed by atoms with Crippen molar-refractivity contribution in [2.75, 3.05) is 25.5 Å². The number of ether oxygens (including phenoxy) is 1. The molecule has 8 nitrogen and oxygen atoms in total. The van der Waals surface area contributed by atoms with Gasteiger partial charge in [0.1, 0.15) is 5.69 Å². The van der Waals surface area contributed by atoms with Crippen molar-refractivity contribution in [2.45, 2.75) is 24.9 Å². The van der Waals surface area contributed by atoms with Gasteiger partial charge in [-0.1, -0.05) is 17.9 Å². The minimum atomic E-state index is -1.65. The lowest BCUT2D eigenvalue weighted by atomic mass is 10.0. The number of aliphatic hydroxyl groups is 1. The number of nitrogens with zero attached hydrogens (tertiary/aromatic N) is 2.